The number of hydrogen-bond acceptors (Lipinski definition) is 2. The van der Waals surface area contributed by atoms with E-state index in [1.165, 1.54) is 0 Å². The minimum Gasteiger partial charge on any atom is -0.491 e. The standard InChI is InChI=1S/C14H10F2O2/c1-18-14-11(15)8-7-10(12(14)16)13(17)9-5-3-2-4-6-9/h2-8H,1H3. The quantitative estimate of drug-likeness (QED) is 0.780. The summed E-state index contributed by atoms with van der Waals surface area (Å²) in [5.41, 5.74) is 0.129. The number of rotatable bonds is 3. The second-order valence-electron chi connectivity index (χ2n) is 3.64. The average Bonchev–Trinajstić information content (AvgIpc) is 2.40. The van der Waals surface area contributed by atoms with E-state index in [0.29, 0.717) is 5.56 Å². The van der Waals surface area contributed by atoms with E-state index in [1.54, 1.807) is 30.3 Å². The van der Waals surface area contributed by atoms with Crippen LogP contribution in [0.25, 0.3) is 0 Å². The molecule has 18 heavy (non-hydrogen) atoms. The molecular formula is C14H10F2O2. The van der Waals surface area contributed by atoms with Gasteiger partial charge in [0.25, 0.3) is 0 Å². The number of methoxy groups -OCH3 is 1. The molecule has 0 aromatic heterocycles. The highest BCUT2D eigenvalue weighted by Crippen LogP contribution is 2.25. The summed E-state index contributed by atoms with van der Waals surface area (Å²) in [6.07, 6.45) is 0. The largest absolute Gasteiger partial charge is 0.491 e. The Morgan fingerprint density at radius 2 is 1.72 bits per heavy atom. The predicted molar refractivity (Wildman–Crippen MR) is 62.8 cm³/mol. The van der Waals surface area contributed by atoms with E-state index >= 15 is 0 Å². The van der Waals surface area contributed by atoms with Crippen LogP contribution in [0.5, 0.6) is 5.75 Å². The number of ketones is 1. The second-order valence-corrected chi connectivity index (χ2v) is 3.64. The third-order valence-corrected chi connectivity index (χ3v) is 2.53. The van der Waals surface area contributed by atoms with E-state index in [-0.39, 0.29) is 5.56 Å². The van der Waals surface area contributed by atoms with Crippen LogP contribution in [0.1, 0.15) is 15.9 Å². The van der Waals surface area contributed by atoms with Gasteiger partial charge in [-0.1, -0.05) is 30.3 Å². The molecule has 0 atom stereocenters. The molecule has 2 nitrogen and oxygen atoms in total. The van der Waals surface area contributed by atoms with Crippen molar-refractivity contribution >= 4 is 5.78 Å². The Hall–Kier alpha value is -2.23. The Morgan fingerprint density at radius 3 is 2.33 bits per heavy atom. The first-order valence-corrected chi connectivity index (χ1v) is 5.27. The fourth-order valence-electron chi connectivity index (χ4n) is 1.64. The van der Waals surface area contributed by atoms with Crippen LogP contribution in [0.3, 0.4) is 0 Å². The van der Waals surface area contributed by atoms with Gasteiger partial charge in [-0.05, 0) is 12.1 Å². The average molecular weight is 248 g/mol. The van der Waals surface area contributed by atoms with Gasteiger partial charge in [0.05, 0.1) is 12.7 Å². The van der Waals surface area contributed by atoms with Gasteiger partial charge in [0, 0.05) is 5.56 Å². The van der Waals surface area contributed by atoms with Crippen molar-refractivity contribution in [2.75, 3.05) is 7.11 Å². The van der Waals surface area contributed by atoms with Gasteiger partial charge in [-0.3, -0.25) is 4.79 Å². The summed E-state index contributed by atoms with van der Waals surface area (Å²) in [5.74, 6) is -2.87. The van der Waals surface area contributed by atoms with Gasteiger partial charge in [0.1, 0.15) is 0 Å². The molecule has 0 radical (unpaired) electrons. The predicted octanol–water partition coefficient (Wildman–Crippen LogP) is 3.20. The maximum atomic E-state index is 13.9. The molecule has 0 unspecified atom stereocenters. The molecule has 92 valence electrons. The van der Waals surface area contributed by atoms with Crippen LogP contribution in [-0.2, 0) is 0 Å². The zero-order chi connectivity index (χ0) is 13.1. The highest BCUT2D eigenvalue weighted by molar-refractivity contribution is 6.09. The molecule has 0 saturated carbocycles. The smallest absolute Gasteiger partial charge is 0.196 e. The topological polar surface area (TPSA) is 26.3 Å². The minimum absolute atomic E-state index is 0.209. The number of ether oxygens (including phenoxy) is 1. The molecule has 0 spiro atoms. The molecule has 2 aromatic rings. The summed E-state index contributed by atoms with van der Waals surface area (Å²) in [5, 5.41) is 0. The molecule has 2 aromatic carbocycles. The molecule has 2 rings (SSSR count). The van der Waals surface area contributed by atoms with E-state index < -0.39 is 23.2 Å². The summed E-state index contributed by atoms with van der Waals surface area (Å²) < 4.78 is 31.7. The van der Waals surface area contributed by atoms with Crippen LogP contribution in [-0.4, -0.2) is 12.9 Å². The Bertz CT molecular complexity index is 580. The first-order valence-electron chi connectivity index (χ1n) is 5.27. The van der Waals surface area contributed by atoms with E-state index in [0.717, 1.165) is 19.2 Å². The second kappa shape index (κ2) is 4.96. The zero-order valence-corrected chi connectivity index (χ0v) is 9.61. The maximum Gasteiger partial charge on any atom is 0.196 e. The molecule has 0 amide bonds. The highest BCUT2D eigenvalue weighted by atomic mass is 19.1. The van der Waals surface area contributed by atoms with Crippen molar-refractivity contribution in [2.45, 2.75) is 0 Å². The lowest BCUT2D eigenvalue weighted by molar-refractivity contribution is 0.103. The fraction of sp³-hybridized carbons (Fsp3) is 0.0714. The van der Waals surface area contributed by atoms with E-state index in [9.17, 15) is 13.6 Å². The van der Waals surface area contributed by atoms with Gasteiger partial charge in [-0.2, -0.15) is 0 Å². The lowest BCUT2D eigenvalue weighted by Crippen LogP contribution is -2.06. The Balaban J connectivity index is 2.50. The molecule has 0 heterocycles. The molecular weight excluding hydrogens is 238 g/mol. The highest BCUT2D eigenvalue weighted by Gasteiger charge is 2.20. The molecule has 0 fully saturated rings. The first kappa shape index (κ1) is 12.2. The lowest BCUT2D eigenvalue weighted by Gasteiger charge is -2.07. The van der Waals surface area contributed by atoms with Crippen molar-refractivity contribution in [3.63, 3.8) is 0 Å². The van der Waals surface area contributed by atoms with E-state index in [1.807, 2.05) is 0 Å². The summed E-state index contributed by atoms with van der Waals surface area (Å²) in [4.78, 5) is 12.0. The van der Waals surface area contributed by atoms with Crippen LogP contribution in [0.2, 0.25) is 0 Å². The Kier molecular flexibility index (Phi) is 3.37. The third-order valence-electron chi connectivity index (χ3n) is 2.53. The number of hydrogen-bond donors (Lipinski definition) is 0. The van der Waals surface area contributed by atoms with Crippen LogP contribution in [0.15, 0.2) is 42.5 Å². The van der Waals surface area contributed by atoms with Gasteiger partial charge >= 0.3 is 0 Å². The van der Waals surface area contributed by atoms with Crippen molar-refractivity contribution in [3.05, 3.63) is 65.2 Å². The van der Waals surface area contributed by atoms with Gasteiger partial charge in [0.15, 0.2) is 23.2 Å². The van der Waals surface area contributed by atoms with Gasteiger partial charge in [0.2, 0.25) is 0 Å². The molecule has 0 aliphatic rings. The summed E-state index contributed by atoms with van der Waals surface area (Å²) in [6, 6.07) is 10.4. The molecule has 0 N–H and O–H groups in total. The number of carbonyl (C=O) groups excluding carboxylic acids is 1. The summed E-state index contributed by atoms with van der Waals surface area (Å²) >= 11 is 0. The molecule has 0 aliphatic heterocycles. The summed E-state index contributed by atoms with van der Waals surface area (Å²) in [7, 11) is 1.15. The van der Waals surface area contributed by atoms with Crippen LogP contribution in [0, 0.1) is 11.6 Å². The normalized spacial score (nSPS) is 10.2. The first-order chi connectivity index (χ1) is 8.65. The Labute approximate surface area is 103 Å². The number of halogens is 2. The van der Waals surface area contributed by atoms with Crippen LogP contribution in [0.4, 0.5) is 8.78 Å². The zero-order valence-electron chi connectivity index (χ0n) is 9.61. The summed E-state index contributed by atoms with van der Waals surface area (Å²) in [6.45, 7) is 0. The van der Waals surface area contributed by atoms with Gasteiger partial charge < -0.3 is 4.74 Å². The number of carbonyl (C=O) groups is 1. The molecule has 4 heteroatoms. The molecule has 0 aliphatic carbocycles. The third kappa shape index (κ3) is 2.09. The van der Waals surface area contributed by atoms with Crippen molar-refractivity contribution in [3.8, 4) is 5.75 Å². The monoisotopic (exact) mass is 248 g/mol. The van der Waals surface area contributed by atoms with Gasteiger partial charge in [-0.25, -0.2) is 8.78 Å². The fourth-order valence-corrected chi connectivity index (χ4v) is 1.64. The lowest BCUT2D eigenvalue weighted by atomic mass is 10.0. The number of benzene rings is 2. The van der Waals surface area contributed by atoms with Gasteiger partial charge in [-0.15, -0.1) is 0 Å². The maximum absolute atomic E-state index is 13.9. The van der Waals surface area contributed by atoms with Crippen molar-refractivity contribution in [1.82, 2.24) is 0 Å². The van der Waals surface area contributed by atoms with E-state index in [4.69, 9.17) is 0 Å². The van der Waals surface area contributed by atoms with Crippen molar-refractivity contribution in [1.29, 1.82) is 0 Å². The van der Waals surface area contributed by atoms with E-state index in [2.05, 4.69) is 4.74 Å². The minimum atomic E-state index is -0.980. The van der Waals surface area contributed by atoms with Crippen molar-refractivity contribution in [2.24, 2.45) is 0 Å². The van der Waals surface area contributed by atoms with Crippen molar-refractivity contribution < 1.29 is 18.3 Å². The molecule has 0 bridgehead atoms. The van der Waals surface area contributed by atoms with Crippen LogP contribution < -0.4 is 4.74 Å². The molecule has 0 saturated heterocycles. The SMILES string of the molecule is COc1c(F)ccc(C(=O)c2ccccc2)c1F. The van der Waals surface area contributed by atoms with Crippen LogP contribution >= 0.6 is 0 Å². The Morgan fingerprint density at radius 1 is 1.06 bits per heavy atom.